The highest BCUT2D eigenvalue weighted by atomic mass is 32.2. The highest BCUT2D eigenvalue weighted by Crippen LogP contribution is 2.42. The largest absolute Gasteiger partial charge is 0.439 e. The van der Waals surface area contributed by atoms with Crippen LogP contribution in [-0.2, 0) is 26.8 Å². The summed E-state index contributed by atoms with van der Waals surface area (Å²) >= 11 is 1.62. The lowest BCUT2D eigenvalue weighted by Gasteiger charge is -2.18. The minimum Gasteiger partial charge on any atom is -0.439 e. The van der Waals surface area contributed by atoms with Crippen molar-refractivity contribution in [3.63, 3.8) is 0 Å². The van der Waals surface area contributed by atoms with Gasteiger partial charge in [-0.1, -0.05) is 47.7 Å². The van der Waals surface area contributed by atoms with Crippen LogP contribution >= 0.6 is 11.3 Å². The molecule has 0 aliphatic carbocycles. The molecular weight excluding hydrogens is 621 g/mol. The zero-order valence-corrected chi connectivity index (χ0v) is 27.2. The van der Waals surface area contributed by atoms with E-state index in [0.29, 0.717) is 36.7 Å². The molecule has 0 fully saturated rings. The molecule has 12 heteroatoms. The van der Waals surface area contributed by atoms with Crippen molar-refractivity contribution in [3.8, 4) is 16.9 Å². The number of hydrogen-bond acceptors (Lipinski definition) is 7. The van der Waals surface area contributed by atoms with Crippen molar-refractivity contribution in [3.05, 3.63) is 94.3 Å². The summed E-state index contributed by atoms with van der Waals surface area (Å²) in [7, 11) is -8.24. The summed E-state index contributed by atoms with van der Waals surface area (Å²) < 4.78 is 74.0. The molecular formula is C32H35N2O7S3+. The first-order valence-electron chi connectivity index (χ1n) is 14.2. The third-order valence-corrected chi connectivity index (χ3v) is 10.1. The van der Waals surface area contributed by atoms with Gasteiger partial charge < -0.3 is 9.64 Å². The Morgan fingerprint density at radius 3 is 2.32 bits per heavy atom. The van der Waals surface area contributed by atoms with Gasteiger partial charge in [-0.15, -0.1) is 0 Å². The summed E-state index contributed by atoms with van der Waals surface area (Å²) in [5.74, 6) is 0.271. The molecule has 5 rings (SSSR count). The molecule has 232 valence electrons. The molecule has 0 radical (unpaired) electrons. The fourth-order valence-corrected chi connectivity index (χ4v) is 7.39. The van der Waals surface area contributed by atoms with E-state index in [1.165, 1.54) is 5.56 Å². The predicted molar refractivity (Wildman–Crippen MR) is 175 cm³/mol. The number of aryl methyl sites for hydroxylation is 3. The minimum absolute atomic E-state index is 0.00159. The second-order valence-electron chi connectivity index (χ2n) is 10.9. The summed E-state index contributed by atoms with van der Waals surface area (Å²) in [5, 5.41) is 0.956. The Labute approximate surface area is 262 Å². The normalized spacial score (nSPS) is 14.8. The Morgan fingerprint density at radius 1 is 0.909 bits per heavy atom. The van der Waals surface area contributed by atoms with Crippen molar-refractivity contribution in [2.45, 2.75) is 40.2 Å². The van der Waals surface area contributed by atoms with Gasteiger partial charge >= 0.3 is 0 Å². The molecule has 0 bridgehead atoms. The van der Waals surface area contributed by atoms with Gasteiger partial charge in [0, 0.05) is 31.2 Å². The number of aromatic nitrogens is 1. The van der Waals surface area contributed by atoms with Crippen molar-refractivity contribution in [1.29, 1.82) is 0 Å². The average molecular weight is 656 g/mol. The number of thiazole rings is 1. The van der Waals surface area contributed by atoms with E-state index in [-0.39, 0.29) is 12.3 Å². The lowest BCUT2D eigenvalue weighted by Crippen LogP contribution is -2.35. The summed E-state index contributed by atoms with van der Waals surface area (Å²) in [5.41, 5.74) is 6.88. The molecule has 1 aliphatic rings. The van der Waals surface area contributed by atoms with Crippen LogP contribution in [0, 0.1) is 13.8 Å². The van der Waals surface area contributed by atoms with Gasteiger partial charge in [0.1, 0.15) is 4.70 Å². The lowest BCUT2D eigenvalue weighted by molar-refractivity contribution is -0.669. The molecule has 0 atom stereocenters. The summed E-state index contributed by atoms with van der Waals surface area (Å²) in [4.78, 5) is 1.76. The first-order chi connectivity index (χ1) is 20.8. The Kier molecular flexibility index (Phi) is 9.28. The van der Waals surface area contributed by atoms with Crippen LogP contribution in [0.2, 0.25) is 0 Å². The van der Waals surface area contributed by atoms with Gasteiger partial charge in [-0.05, 0) is 73.2 Å². The van der Waals surface area contributed by atoms with Gasteiger partial charge in [-0.2, -0.15) is 21.4 Å². The van der Waals surface area contributed by atoms with E-state index < -0.39 is 26.0 Å². The molecule has 1 aliphatic heterocycles. The smallest absolute Gasteiger partial charge is 0.266 e. The Bertz CT molecular complexity index is 1980. The van der Waals surface area contributed by atoms with Crippen LogP contribution in [0.25, 0.3) is 27.4 Å². The molecule has 0 spiro atoms. The van der Waals surface area contributed by atoms with E-state index in [9.17, 15) is 21.4 Å². The van der Waals surface area contributed by atoms with Gasteiger partial charge in [-0.3, -0.25) is 9.11 Å². The van der Waals surface area contributed by atoms with Crippen LogP contribution in [-0.4, -0.2) is 44.0 Å². The minimum atomic E-state index is -4.22. The van der Waals surface area contributed by atoms with Crippen LogP contribution < -0.4 is 14.2 Å². The number of hydrogen-bond donors (Lipinski definition) is 2. The molecule has 9 nitrogen and oxygen atoms in total. The number of rotatable bonds is 11. The van der Waals surface area contributed by atoms with Crippen molar-refractivity contribution >= 4 is 53.6 Å². The van der Waals surface area contributed by atoms with Gasteiger partial charge in [-0.25, -0.2) is 0 Å². The molecule has 0 unspecified atom stereocenters. The molecule has 4 aromatic rings. The van der Waals surface area contributed by atoms with E-state index >= 15 is 0 Å². The Balaban J connectivity index is 1.50. The highest BCUT2D eigenvalue weighted by Gasteiger charge is 2.28. The topological polar surface area (TPSA) is 125 Å². The number of unbranched alkanes of at least 4 members (excludes halogenated alkanes) is 1. The van der Waals surface area contributed by atoms with Crippen molar-refractivity contribution in [2.75, 3.05) is 23.0 Å². The molecule has 0 amide bonds. The number of nitrogens with zero attached hydrogens (tertiary/aromatic N) is 2. The number of allylic oxidation sites excluding steroid dienone is 2. The van der Waals surface area contributed by atoms with Gasteiger partial charge in [0.2, 0.25) is 11.4 Å². The number of anilines is 1. The van der Waals surface area contributed by atoms with Crippen molar-refractivity contribution in [1.82, 2.24) is 0 Å². The molecule has 1 aromatic heterocycles. The maximum atomic E-state index is 11.7. The number of fused-ring (bicyclic) bond motifs is 2. The van der Waals surface area contributed by atoms with Gasteiger partial charge in [0.15, 0.2) is 12.3 Å². The Hall–Kier alpha value is -3.55. The summed E-state index contributed by atoms with van der Waals surface area (Å²) in [6.45, 7) is 6.62. The molecule has 0 saturated carbocycles. The van der Waals surface area contributed by atoms with Gasteiger partial charge in [0.05, 0.1) is 17.2 Å². The quantitative estimate of drug-likeness (QED) is 0.112. The van der Waals surface area contributed by atoms with E-state index in [2.05, 4.69) is 30.5 Å². The SMILES string of the molecule is CC(=Cc1sc2cc(C)c(C)cc2[n+]1CCCCS(=O)(=O)O)C=C1Oc2ccc(-c3ccccc3)cc2N1CCS(=O)(=O)O. The number of benzene rings is 3. The first-order valence-corrected chi connectivity index (χ1v) is 18.2. The fourth-order valence-electron chi connectivity index (χ4n) is 5.13. The molecule has 3 aromatic carbocycles. The zero-order valence-electron chi connectivity index (χ0n) is 24.7. The van der Waals surface area contributed by atoms with Crippen LogP contribution in [0.3, 0.4) is 0 Å². The van der Waals surface area contributed by atoms with Crippen LogP contribution in [0.1, 0.15) is 35.9 Å². The van der Waals surface area contributed by atoms with Crippen molar-refractivity contribution in [2.24, 2.45) is 0 Å². The zero-order chi connectivity index (χ0) is 31.6. The van der Waals surface area contributed by atoms with Crippen LogP contribution in [0.15, 0.2) is 78.2 Å². The number of ether oxygens (including phenoxy) is 1. The standard InChI is InChI=1S/C32H34N2O7S3/c1-22(18-32-34(13-7-8-15-43(35,36)37)28-19-23(2)24(3)20-30(28)42-32)17-31-33(14-16-44(38,39)40)27-21-26(11-12-29(27)41-31)25-9-5-4-6-10-25/h4-6,9-12,17-21H,7-8,13-16H2,1-3H3,(H-,35,36,37,38,39,40)/p+1. The molecule has 2 heterocycles. The summed E-state index contributed by atoms with van der Waals surface area (Å²) in [6.07, 6.45) is 4.76. The molecule has 44 heavy (non-hydrogen) atoms. The van der Waals surface area contributed by atoms with Gasteiger partial charge in [0.25, 0.3) is 25.2 Å². The summed E-state index contributed by atoms with van der Waals surface area (Å²) in [6, 6.07) is 19.9. The van der Waals surface area contributed by atoms with Crippen LogP contribution in [0.5, 0.6) is 5.75 Å². The van der Waals surface area contributed by atoms with E-state index in [4.69, 9.17) is 9.29 Å². The first kappa shape index (κ1) is 31.9. The second kappa shape index (κ2) is 12.8. The van der Waals surface area contributed by atoms with Crippen molar-refractivity contribution < 1.29 is 35.2 Å². The average Bonchev–Trinajstić information content (AvgIpc) is 3.45. The van der Waals surface area contributed by atoms with E-state index in [1.54, 1.807) is 16.2 Å². The Morgan fingerprint density at radius 2 is 1.61 bits per heavy atom. The second-order valence-corrected chi connectivity index (χ2v) is 15.2. The molecule has 0 saturated heterocycles. The fraction of sp³-hybridized carbons (Fsp3) is 0.281. The van der Waals surface area contributed by atoms with E-state index in [1.807, 2.05) is 67.6 Å². The molecule has 2 N–H and O–H groups in total. The lowest BCUT2D eigenvalue weighted by atomic mass is 10.0. The van der Waals surface area contributed by atoms with Crippen LogP contribution in [0.4, 0.5) is 5.69 Å². The maximum Gasteiger partial charge on any atom is 0.266 e. The predicted octanol–water partition coefficient (Wildman–Crippen LogP) is 6.17. The highest BCUT2D eigenvalue weighted by molar-refractivity contribution is 7.86. The maximum absolute atomic E-state index is 11.7. The third-order valence-electron chi connectivity index (χ3n) is 7.49. The monoisotopic (exact) mass is 655 g/mol. The van der Waals surface area contributed by atoms with E-state index in [0.717, 1.165) is 37.5 Å². The third kappa shape index (κ3) is 7.74.